The van der Waals surface area contributed by atoms with Gasteiger partial charge >= 0.3 is 0 Å². The van der Waals surface area contributed by atoms with Gasteiger partial charge < -0.3 is 14.5 Å². The van der Waals surface area contributed by atoms with Crippen molar-refractivity contribution in [3.8, 4) is 5.88 Å². The molecule has 1 unspecified atom stereocenters. The van der Waals surface area contributed by atoms with Crippen molar-refractivity contribution < 1.29 is 9.53 Å². The Morgan fingerprint density at radius 2 is 1.79 bits per heavy atom. The van der Waals surface area contributed by atoms with Crippen LogP contribution in [0, 0.1) is 5.92 Å². The van der Waals surface area contributed by atoms with E-state index < -0.39 is 0 Å². The number of aromatic nitrogens is 2. The van der Waals surface area contributed by atoms with Crippen molar-refractivity contribution in [2.24, 2.45) is 5.92 Å². The van der Waals surface area contributed by atoms with Crippen LogP contribution in [0.25, 0.3) is 0 Å². The fourth-order valence-corrected chi connectivity index (χ4v) is 4.71. The molecule has 1 atom stereocenters. The molecule has 2 aromatic rings. The number of likely N-dealkylation sites (tertiary alicyclic amines) is 1. The highest BCUT2D eigenvalue weighted by atomic mass is 16.5. The molecule has 0 N–H and O–H groups in total. The minimum absolute atomic E-state index is 0.191. The third-order valence-electron chi connectivity index (χ3n) is 6.27. The van der Waals surface area contributed by atoms with Crippen molar-refractivity contribution >= 4 is 11.9 Å². The number of carbonyl (C=O) groups is 1. The fraction of sp³-hybridized carbons (Fsp3) is 0.522. The highest BCUT2D eigenvalue weighted by Crippen LogP contribution is 2.32. The third kappa shape index (κ3) is 4.52. The lowest BCUT2D eigenvalue weighted by Gasteiger charge is -2.40. The number of piperidine rings is 1. The molecule has 2 saturated heterocycles. The Bertz CT molecular complexity index is 806. The van der Waals surface area contributed by atoms with E-state index in [1.807, 2.05) is 30.3 Å². The van der Waals surface area contributed by atoms with Crippen LogP contribution in [0.5, 0.6) is 5.88 Å². The second kappa shape index (κ2) is 9.25. The predicted octanol–water partition coefficient (Wildman–Crippen LogP) is 3.79. The first-order valence-corrected chi connectivity index (χ1v) is 10.7. The number of methoxy groups -OCH3 is 1. The topological polar surface area (TPSA) is 58.6 Å². The van der Waals surface area contributed by atoms with E-state index in [1.54, 1.807) is 19.4 Å². The maximum atomic E-state index is 13.2. The SMILES string of the molecule is COc1ccnc(N2CCC(C3CCCCCN3C(=O)c3ccccc3)CC2)n1. The Hall–Kier alpha value is -2.63. The van der Waals surface area contributed by atoms with Gasteiger partial charge in [-0.3, -0.25) is 4.79 Å². The molecule has 2 aliphatic heterocycles. The van der Waals surface area contributed by atoms with Crippen LogP contribution in [0.3, 0.4) is 0 Å². The van der Waals surface area contributed by atoms with E-state index in [4.69, 9.17) is 4.74 Å². The van der Waals surface area contributed by atoms with Gasteiger partial charge in [-0.2, -0.15) is 4.98 Å². The number of hydrogen-bond donors (Lipinski definition) is 0. The van der Waals surface area contributed by atoms with Crippen LogP contribution in [0.4, 0.5) is 5.95 Å². The van der Waals surface area contributed by atoms with Gasteiger partial charge in [-0.25, -0.2) is 4.98 Å². The molecule has 154 valence electrons. The molecule has 6 nitrogen and oxygen atoms in total. The molecule has 4 rings (SSSR count). The number of nitrogens with zero attached hydrogens (tertiary/aromatic N) is 4. The standard InChI is InChI=1S/C23H30N4O2/c1-29-21-11-14-24-23(25-21)26-16-12-18(13-17-26)20-10-6-3-7-15-27(20)22(28)19-8-4-2-5-9-19/h2,4-5,8-9,11,14,18,20H,3,6-7,10,12-13,15-17H2,1H3. The van der Waals surface area contributed by atoms with Crippen LogP contribution >= 0.6 is 0 Å². The fourth-order valence-electron chi connectivity index (χ4n) is 4.71. The minimum Gasteiger partial charge on any atom is -0.481 e. The van der Waals surface area contributed by atoms with Crippen LogP contribution in [-0.2, 0) is 0 Å². The molecular formula is C23H30N4O2. The molecule has 1 amide bonds. The smallest absolute Gasteiger partial charge is 0.254 e. The second-order valence-electron chi connectivity index (χ2n) is 8.00. The first-order chi connectivity index (χ1) is 14.3. The summed E-state index contributed by atoms with van der Waals surface area (Å²) in [6, 6.07) is 11.8. The third-order valence-corrected chi connectivity index (χ3v) is 6.27. The lowest BCUT2D eigenvalue weighted by Crippen LogP contribution is -2.48. The lowest BCUT2D eigenvalue weighted by atomic mass is 9.86. The predicted molar refractivity (Wildman–Crippen MR) is 113 cm³/mol. The number of rotatable bonds is 4. The van der Waals surface area contributed by atoms with E-state index in [1.165, 1.54) is 12.8 Å². The van der Waals surface area contributed by atoms with E-state index in [0.717, 1.165) is 56.8 Å². The van der Waals surface area contributed by atoms with Crippen molar-refractivity contribution in [3.05, 3.63) is 48.2 Å². The highest BCUT2D eigenvalue weighted by Gasteiger charge is 2.34. The van der Waals surface area contributed by atoms with Crippen LogP contribution in [0.1, 0.15) is 48.9 Å². The molecule has 29 heavy (non-hydrogen) atoms. The molecule has 1 aromatic carbocycles. The molecule has 6 heteroatoms. The molecule has 3 heterocycles. The van der Waals surface area contributed by atoms with Gasteiger partial charge in [-0.05, 0) is 43.7 Å². The van der Waals surface area contributed by atoms with Gasteiger partial charge in [0, 0.05) is 43.5 Å². The van der Waals surface area contributed by atoms with Gasteiger partial charge in [-0.1, -0.05) is 31.0 Å². The van der Waals surface area contributed by atoms with Gasteiger partial charge in [0.2, 0.25) is 11.8 Å². The number of benzene rings is 1. The Labute approximate surface area is 172 Å². The summed E-state index contributed by atoms with van der Waals surface area (Å²) in [4.78, 5) is 26.5. The summed E-state index contributed by atoms with van der Waals surface area (Å²) in [7, 11) is 1.63. The maximum Gasteiger partial charge on any atom is 0.254 e. The van der Waals surface area contributed by atoms with Crippen molar-refractivity contribution in [1.82, 2.24) is 14.9 Å². The monoisotopic (exact) mass is 394 g/mol. The Morgan fingerprint density at radius 1 is 1.00 bits per heavy atom. The zero-order valence-electron chi connectivity index (χ0n) is 17.2. The van der Waals surface area contributed by atoms with Crippen LogP contribution in [-0.4, -0.2) is 53.6 Å². The summed E-state index contributed by atoms with van der Waals surface area (Å²) in [6.07, 6.45) is 8.50. The first kappa shape index (κ1) is 19.7. The van der Waals surface area contributed by atoms with Gasteiger partial charge in [0.05, 0.1) is 7.11 Å². The van der Waals surface area contributed by atoms with Gasteiger partial charge in [0.25, 0.3) is 5.91 Å². The van der Waals surface area contributed by atoms with Gasteiger partial charge in [0.15, 0.2) is 0 Å². The Morgan fingerprint density at radius 3 is 2.55 bits per heavy atom. The van der Waals surface area contributed by atoms with E-state index >= 15 is 0 Å². The summed E-state index contributed by atoms with van der Waals surface area (Å²) in [6.45, 7) is 2.71. The molecule has 1 aromatic heterocycles. The van der Waals surface area contributed by atoms with Crippen molar-refractivity contribution in [2.75, 3.05) is 31.6 Å². The van der Waals surface area contributed by atoms with Gasteiger partial charge in [-0.15, -0.1) is 0 Å². The summed E-state index contributed by atoms with van der Waals surface area (Å²) in [5.74, 6) is 2.06. The molecule has 0 spiro atoms. The number of anilines is 1. The largest absolute Gasteiger partial charge is 0.481 e. The molecule has 0 saturated carbocycles. The van der Waals surface area contributed by atoms with Crippen LogP contribution in [0.2, 0.25) is 0 Å². The number of ether oxygens (including phenoxy) is 1. The summed E-state index contributed by atoms with van der Waals surface area (Å²) < 4.78 is 5.24. The summed E-state index contributed by atoms with van der Waals surface area (Å²) >= 11 is 0. The molecule has 0 bridgehead atoms. The molecule has 2 aliphatic rings. The molecule has 0 radical (unpaired) electrons. The average molecular weight is 395 g/mol. The Kier molecular flexibility index (Phi) is 6.27. The van der Waals surface area contributed by atoms with E-state index in [2.05, 4.69) is 19.8 Å². The van der Waals surface area contributed by atoms with Crippen molar-refractivity contribution in [2.45, 2.75) is 44.6 Å². The number of carbonyl (C=O) groups excluding carboxylic acids is 1. The van der Waals surface area contributed by atoms with Crippen LogP contribution in [0.15, 0.2) is 42.6 Å². The summed E-state index contributed by atoms with van der Waals surface area (Å²) in [5, 5.41) is 0. The molecule has 0 aliphatic carbocycles. The van der Waals surface area contributed by atoms with E-state index in [-0.39, 0.29) is 5.91 Å². The lowest BCUT2D eigenvalue weighted by molar-refractivity contribution is 0.0588. The number of amides is 1. The maximum absolute atomic E-state index is 13.2. The molecule has 2 fully saturated rings. The molecular weight excluding hydrogens is 364 g/mol. The normalized spacial score (nSPS) is 20.9. The Balaban J connectivity index is 1.45. The van der Waals surface area contributed by atoms with Gasteiger partial charge in [0.1, 0.15) is 0 Å². The van der Waals surface area contributed by atoms with Crippen molar-refractivity contribution in [1.29, 1.82) is 0 Å². The second-order valence-corrected chi connectivity index (χ2v) is 8.00. The highest BCUT2D eigenvalue weighted by molar-refractivity contribution is 5.94. The first-order valence-electron chi connectivity index (χ1n) is 10.7. The average Bonchev–Trinajstić information content (AvgIpc) is 3.05. The van der Waals surface area contributed by atoms with Crippen molar-refractivity contribution in [3.63, 3.8) is 0 Å². The zero-order chi connectivity index (χ0) is 20.1. The zero-order valence-corrected chi connectivity index (χ0v) is 17.2. The van der Waals surface area contributed by atoms with Crippen LogP contribution < -0.4 is 9.64 Å². The van der Waals surface area contributed by atoms with E-state index in [0.29, 0.717) is 17.8 Å². The number of hydrogen-bond acceptors (Lipinski definition) is 5. The summed E-state index contributed by atoms with van der Waals surface area (Å²) in [5.41, 5.74) is 0.807. The minimum atomic E-state index is 0.191. The van der Waals surface area contributed by atoms with E-state index in [9.17, 15) is 4.79 Å². The quantitative estimate of drug-likeness (QED) is 0.790.